The lowest BCUT2D eigenvalue weighted by Gasteiger charge is -2.13. The monoisotopic (exact) mass is 646 g/mol. The van der Waals surface area contributed by atoms with Crippen molar-refractivity contribution < 1.29 is 0 Å². The van der Waals surface area contributed by atoms with Crippen LogP contribution in [0.3, 0.4) is 0 Å². The van der Waals surface area contributed by atoms with Gasteiger partial charge >= 0.3 is 0 Å². The third kappa shape index (κ3) is 4.14. The second-order valence-corrected chi connectivity index (χ2v) is 13.5. The third-order valence-corrected chi connectivity index (χ3v) is 10.7. The molecule has 9 aromatic carbocycles. The number of hydrogen-bond acceptors (Lipinski definition) is 1. The van der Waals surface area contributed by atoms with Crippen molar-refractivity contribution in [1.29, 1.82) is 0 Å². The minimum Gasteiger partial charge on any atom is -0.309 e. The molecule has 2 nitrogen and oxygen atoms in total. The number of hydrogen-bond donors (Lipinski definition) is 0. The van der Waals surface area contributed by atoms with Crippen LogP contribution in [-0.4, -0.2) is 9.55 Å². The van der Waals surface area contributed by atoms with Crippen molar-refractivity contribution in [2.45, 2.75) is 0 Å². The van der Waals surface area contributed by atoms with E-state index in [0.29, 0.717) is 0 Å². The van der Waals surface area contributed by atoms with E-state index in [9.17, 15) is 0 Å². The van der Waals surface area contributed by atoms with Gasteiger partial charge in [0.15, 0.2) is 0 Å². The Kier molecular flexibility index (Phi) is 5.99. The van der Waals surface area contributed by atoms with Gasteiger partial charge in [-0.2, -0.15) is 0 Å². The van der Waals surface area contributed by atoms with Crippen LogP contribution in [0.1, 0.15) is 0 Å². The Balaban J connectivity index is 1.12. The molecule has 236 valence electrons. The van der Waals surface area contributed by atoms with Crippen molar-refractivity contribution >= 4 is 75.8 Å². The van der Waals surface area contributed by atoms with Crippen molar-refractivity contribution in [2.24, 2.45) is 0 Å². The molecule has 0 bridgehead atoms. The Bertz CT molecular complexity index is 3140. The summed E-state index contributed by atoms with van der Waals surface area (Å²) in [6, 6.07) is 66.1. The second kappa shape index (κ2) is 10.9. The van der Waals surface area contributed by atoms with E-state index in [1.54, 1.807) is 0 Å². The van der Waals surface area contributed by atoms with Crippen LogP contribution in [0.4, 0.5) is 0 Å². The summed E-state index contributed by atoms with van der Waals surface area (Å²) in [6.45, 7) is 0. The van der Waals surface area contributed by atoms with Gasteiger partial charge < -0.3 is 4.57 Å². The zero-order valence-electron chi connectivity index (χ0n) is 27.7. The molecule has 0 saturated heterocycles. The molecule has 0 atom stereocenters. The highest BCUT2D eigenvalue weighted by Gasteiger charge is 2.19. The van der Waals surface area contributed by atoms with Gasteiger partial charge in [0.25, 0.3) is 0 Å². The number of para-hydroxylation sites is 2. The summed E-state index contributed by atoms with van der Waals surface area (Å²) in [7, 11) is 0. The van der Waals surface area contributed by atoms with Gasteiger partial charge in [0.2, 0.25) is 0 Å². The standard InChI is InChI=1S/C49H30N2/c1-2-12-32(13-3-1)49-42-28-29-46-48(47(42)40-18-8-10-20-44(40)50-49)41-19-9-11-21-45(41)51(46)34-25-22-31(23-26-34)33-24-27-39-37-16-5-4-14-35(37)36-15-6-7-17-38(36)43(39)30-33/h1-30H. The molecule has 0 unspecified atom stereocenters. The molecule has 0 aliphatic rings. The molecule has 11 aromatic rings. The molecule has 0 amide bonds. The first kappa shape index (κ1) is 28.1. The number of nitrogens with zero attached hydrogens (tertiary/aromatic N) is 2. The molecule has 0 spiro atoms. The summed E-state index contributed by atoms with van der Waals surface area (Å²) >= 11 is 0. The Labute approximate surface area is 294 Å². The highest BCUT2D eigenvalue weighted by atomic mass is 15.0. The maximum atomic E-state index is 5.21. The van der Waals surface area contributed by atoms with Crippen LogP contribution in [0, 0.1) is 0 Å². The largest absolute Gasteiger partial charge is 0.309 e. The maximum Gasteiger partial charge on any atom is 0.0788 e. The number of benzene rings is 9. The molecule has 0 radical (unpaired) electrons. The fourth-order valence-corrected chi connectivity index (χ4v) is 8.49. The van der Waals surface area contributed by atoms with Crippen LogP contribution in [0.25, 0.3) is 104 Å². The highest BCUT2D eigenvalue weighted by Crippen LogP contribution is 2.43. The van der Waals surface area contributed by atoms with Gasteiger partial charge in [-0.25, -0.2) is 4.98 Å². The minimum atomic E-state index is 1.01. The van der Waals surface area contributed by atoms with E-state index >= 15 is 0 Å². The molecule has 11 rings (SSSR count). The van der Waals surface area contributed by atoms with Crippen molar-refractivity contribution in [3.05, 3.63) is 182 Å². The summed E-state index contributed by atoms with van der Waals surface area (Å²) in [5, 5.41) is 13.9. The van der Waals surface area contributed by atoms with Crippen LogP contribution < -0.4 is 0 Å². The molecule has 0 aliphatic heterocycles. The molecule has 51 heavy (non-hydrogen) atoms. The zero-order valence-corrected chi connectivity index (χ0v) is 27.7. The first-order valence-electron chi connectivity index (χ1n) is 17.6. The van der Waals surface area contributed by atoms with Crippen molar-refractivity contribution in [2.75, 3.05) is 0 Å². The van der Waals surface area contributed by atoms with Crippen molar-refractivity contribution in [3.63, 3.8) is 0 Å². The van der Waals surface area contributed by atoms with Gasteiger partial charge in [0, 0.05) is 38.2 Å². The predicted molar refractivity (Wildman–Crippen MR) is 217 cm³/mol. The van der Waals surface area contributed by atoms with E-state index in [4.69, 9.17) is 4.98 Å². The molecule has 0 N–H and O–H groups in total. The van der Waals surface area contributed by atoms with Gasteiger partial charge in [-0.1, -0.05) is 146 Å². The van der Waals surface area contributed by atoms with Gasteiger partial charge in [-0.15, -0.1) is 0 Å². The average Bonchev–Trinajstić information content (AvgIpc) is 3.55. The summed E-state index contributed by atoms with van der Waals surface area (Å²) in [6.07, 6.45) is 0. The Hall–Kier alpha value is -6.77. The fraction of sp³-hybridized carbons (Fsp3) is 0. The Morgan fingerprint density at radius 3 is 1.59 bits per heavy atom. The smallest absolute Gasteiger partial charge is 0.0788 e. The van der Waals surface area contributed by atoms with Crippen LogP contribution in [-0.2, 0) is 0 Å². The predicted octanol–water partition coefficient (Wildman–Crippen LogP) is 13.3. The van der Waals surface area contributed by atoms with Crippen molar-refractivity contribution in [3.8, 4) is 28.1 Å². The van der Waals surface area contributed by atoms with Crippen LogP contribution in [0.15, 0.2) is 182 Å². The number of pyridine rings is 1. The third-order valence-electron chi connectivity index (χ3n) is 10.7. The summed E-state index contributed by atoms with van der Waals surface area (Å²) < 4.78 is 2.42. The van der Waals surface area contributed by atoms with Gasteiger partial charge in [-0.3, -0.25) is 0 Å². The maximum absolute atomic E-state index is 5.21. The van der Waals surface area contributed by atoms with E-state index in [1.807, 2.05) is 0 Å². The summed E-state index contributed by atoms with van der Waals surface area (Å²) in [5.74, 6) is 0. The summed E-state index contributed by atoms with van der Waals surface area (Å²) in [5.41, 5.74) is 9.10. The molecule has 2 heteroatoms. The molecular weight excluding hydrogens is 617 g/mol. The zero-order chi connectivity index (χ0) is 33.5. The first-order valence-corrected chi connectivity index (χ1v) is 17.6. The minimum absolute atomic E-state index is 1.01. The van der Waals surface area contributed by atoms with E-state index in [1.165, 1.54) is 81.4 Å². The van der Waals surface area contributed by atoms with Gasteiger partial charge in [-0.05, 0) is 79.8 Å². The first-order chi connectivity index (χ1) is 25.3. The highest BCUT2D eigenvalue weighted by molar-refractivity contribution is 6.30. The fourth-order valence-electron chi connectivity index (χ4n) is 8.49. The van der Waals surface area contributed by atoms with E-state index in [-0.39, 0.29) is 0 Å². The summed E-state index contributed by atoms with van der Waals surface area (Å²) in [4.78, 5) is 5.21. The quantitative estimate of drug-likeness (QED) is 0.175. The van der Waals surface area contributed by atoms with E-state index < -0.39 is 0 Å². The number of fused-ring (bicyclic) bond motifs is 13. The topological polar surface area (TPSA) is 17.8 Å². The molecule has 2 heterocycles. The lowest BCUT2D eigenvalue weighted by Crippen LogP contribution is -1.94. The van der Waals surface area contributed by atoms with Crippen LogP contribution >= 0.6 is 0 Å². The van der Waals surface area contributed by atoms with E-state index in [0.717, 1.165) is 22.5 Å². The second-order valence-electron chi connectivity index (χ2n) is 13.5. The average molecular weight is 647 g/mol. The molecule has 0 aliphatic carbocycles. The normalized spacial score (nSPS) is 11.9. The van der Waals surface area contributed by atoms with Crippen LogP contribution in [0.2, 0.25) is 0 Å². The van der Waals surface area contributed by atoms with Gasteiger partial charge in [0.05, 0.1) is 22.2 Å². The number of aromatic nitrogens is 2. The number of rotatable bonds is 3. The van der Waals surface area contributed by atoms with Crippen molar-refractivity contribution in [1.82, 2.24) is 9.55 Å². The van der Waals surface area contributed by atoms with Gasteiger partial charge in [0.1, 0.15) is 0 Å². The molecule has 0 fully saturated rings. The Morgan fingerprint density at radius 2 is 0.863 bits per heavy atom. The SMILES string of the molecule is c1ccc(-c2nc3ccccc3c3c2ccc2c3c3ccccc3n2-c2ccc(-c3ccc4c5ccccc5c5ccccc5c4c3)cc2)cc1. The Morgan fingerprint density at radius 1 is 0.314 bits per heavy atom. The lowest BCUT2D eigenvalue weighted by molar-refractivity contribution is 1.18. The molecular formula is C49H30N2. The van der Waals surface area contributed by atoms with E-state index in [2.05, 4.69) is 187 Å². The molecule has 0 saturated carbocycles. The lowest BCUT2D eigenvalue weighted by atomic mass is 9.92. The van der Waals surface area contributed by atoms with Crippen LogP contribution in [0.5, 0.6) is 0 Å². The molecule has 2 aromatic heterocycles.